The average Bonchev–Trinajstić information content (AvgIpc) is 2.50. The van der Waals surface area contributed by atoms with Crippen molar-refractivity contribution in [3.05, 3.63) is 17.3 Å². The number of carbonyl (C=O) groups excluding carboxylic acids is 2. The van der Waals surface area contributed by atoms with Crippen LogP contribution in [-0.2, 0) is 18.8 Å². The predicted molar refractivity (Wildman–Crippen MR) is 106 cm³/mol. The molecule has 9 heteroatoms. The number of anilines is 2. The van der Waals surface area contributed by atoms with Crippen molar-refractivity contribution in [1.29, 1.82) is 0 Å². The molecule has 0 fully saturated rings. The minimum atomic E-state index is -1.81. The fourth-order valence-electron chi connectivity index (χ4n) is 1.72. The van der Waals surface area contributed by atoms with Crippen LogP contribution in [-0.4, -0.2) is 44.9 Å². The van der Waals surface area contributed by atoms with Gasteiger partial charge in [-0.2, -0.15) is 0 Å². The normalized spacial score (nSPS) is 11.8. The number of carbonyl (C=O) groups is 2. The lowest BCUT2D eigenvalue weighted by Gasteiger charge is -2.36. The number of pyridine rings is 1. The Morgan fingerprint density at radius 1 is 1.31 bits per heavy atom. The van der Waals surface area contributed by atoms with Crippen molar-refractivity contribution in [2.24, 2.45) is 0 Å². The maximum atomic E-state index is 11.8. The smallest absolute Gasteiger partial charge is 0.303 e. The molecule has 1 heterocycles. The van der Waals surface area contributed by atoms with E-state index in [0.29, 0.717) is 29.7 Å². The Kier molecular flexibility index (Phi) is 8.04. The molecule has 0 atom stereocenters. The highest BCUT2D eigenvalue weighted by atomic mass is 35.5. The molecule has 1 rings (SSSR count). The third-order valence-corrected chi connectivity index (χ3v) is 8.94. The number of aromatic nitrogens is 1. The molecule has 0 saturated heterocycles. The van der Waals surface area contributed by atoms with E-state index in [2.05, 4.69) is 54.2 Å². The summed E-state index contributed by atoms with van der Waals surface area (Å²) >= 11 is 5.95. The molecule has 1 amide bonds. The fourth-order valence-corrected chi connectivity index (χ4v) is 2.92. The Morgan fingerprint density at radius 3 is 2.54 bits per heavy atom. The highest BCUT2D eigenvalue weighted by Crippen LogP contribution is 2.36. The molecule has 0 radical (unpaired) electrons. The minimum absolute atomic E-state index is 0.140. The number of ether oxygens (including phenoxy) is 1. The molecular weight excluding hydrogens is 374 g/mol. The highest BCUT2D eigenvalue weighted by molar-refractivity contribution is 6.74. The van der Waals surface area contributed by atoms with Crippen molar-refractivity contribution in [3.8, 4) is 0 Å². The van der Waals surface area contributed by atoms with Crippen LogP contribution in [0, 0.1) is 0 Å². The van der Waals surface area contributed by atoms with Gasteiger partial charge in [-0.3, -0.25) is 9.59 Å². The van der Waals surface area contributed by atoms with Gasteiger partial charge < -0.3 is 19.8 Å². The molecule has 0 unspecified atom stereocenters. The summed E-state index contributed by atoms with van der Waals surface area (Å²) in [5.41, 5.74) is 0.418. The van der Waals surface area contributed by atoms with Crippen molar-refractivity contribution in [1.82, 2.24) is 4.98 Å². The van der Waals surface area contributed by atoms with Gasteiger partial charge in [0.1, 0.15) is 5.82 Å². The minimum Gasteiger partial charge on any atom is -0.456 e. The zero-order valence-corrected chi connectivity index (χ0v) is 18.0. The van der Waals surface area contributed by atoms with Crippen molar-refractivity contribution in [2.75, 3.05) is 30.4 Å². The maximum Gasteiger partial charge on any atom is 0.303 e. The Balaban J connectivity index is 2.64. The molecule has 0 aliphatic heterocycles. The van der Waals surface area contributed by atoms with Crippen molar-refractivity contribution < 1.29 is 18.8 Å². The van der Waals surface area contributed by atoms with Gasteiger partial charge in [0, 0.05) is 19.7 Å². The van der Waals surface area contributed by atoms with Gasteiger partial charge in [-0.15, -0.1) is 0 Å². The van der Waals surface area contributed by atoms with Crippen LogP contribution in [0.2, 0.25) is 23.2 Å². The molecule has 2 N–H and O–H groups in total. The van der Waals surface area contributed by atoms with Gasteiger partial charge in [-0.25, -0.2) is 4.98 Å². The SMILES string of the molecule is CC(=O)OCC(=O)Nc1cc(Cl)cnc1NCCO[Si](C)(C)C(C)(C)C. The summed E-state index contributed by atoms with van der Waals surface area (Å²) in [5, 5.41) is 6.30. The number of hydrogen-bond donors (Lipinski definition) is 2. The van der Waals surface area contributed by atoms with Gasteiger partial charge in [-0.05, 0) is 24.2 Å². The summed E-state index contributed by atoms with van der Waals surface area (Å²) in [5.74, 6) is -0.514. The fraction of sp³-hybridized carbons (Fsp3) is 0.588. The number of nitrogens with zero attached hydrogens (tertiary/aromatic N) is 1. The van der Waals surface area contributed by atoms with Crippen LogP contribution in [0.1, 0.15) is 27.7 Å². The highest BCUT2D eigenvalue weighted by Gasteiger charge is 2.36. The van der Waals surface area contributed by atoms with Gasteiger partial charge in [0.25, 0.3) is 5.91 Å². The monoisotopic (exact) mass is 401 g/mol. The number of halogens is 1. The van der Waals surface area contributed by atoms with Crippen LogP contribution in [0.5, 0.6) is 0 Å². The number of hydrogen-bond acceptors (Lipinski definition) is 6. The topological polar surface area (TPSA) is 89.6 Å². The number of rotatable bonds is 8. The molecular formula is C17H28ClN3O4Si. The van der Waals surface area contributed by atoms with E-state index >= 15 is 0 Å². The summed E-state index contributed by atoms with van der Waals surface area (Å²) in [6, 6.07) is 1.58. The quantitative estimate of drug-likeness (QED) is 0.392. The van der Waals surface area contributed by atoms with E-state index < -0.39 is 20.2 Å². The van der Waals surface area contributed by atoms with Gasteiger partial charge in [-0.1, -0.05) is 32.4 Å². The third kappa shape index (κ3) is 7.31. The van der Waals surface area contributed by atoms with Crippen LogP contribution in [0.3, 0.4) is 0 Å². The largest absolute Gasteiger partial charge is 0.456 e. The Morgan fingerprint density at radius 2 is 1.96 bits per heavy atom. The molecule has 0 saturated carbocycles. The van der Waals surface area contributed by atoms with E-state index in [1.165, 1.54) is 13.1 Å². The van der Waals surface area contributed by atoms with Gasteiger partial charge in [0.15, 0.2) is 14.9 Å². The van der Waals surface area contributed by atoms with Gasteiger partial charge in [0.2, 0.25) is 0 Å². The van der Waals surface area contributed by atoms with Crippen molar-refractivity contribution >= 4 is 43.3 Å². The second-order valence-corrected chi connectivity index (χ2v) is 12.7. The third-order valence-electron chi connectivity index (χ3n) is 4.20. The van der Waals surface area contributed by atoms with Crippen LogP contribution in [0.4, 0.5) is 11.5 Å². The standard InChI is InChI=1S/C17H28ClN3O4Si/c1-12(22)24-11-15(23)21-14-9-13(18)10-20-16(14)19-7-8-25-26(5,6)17(2,3)4/h9-10H,7-8,11H2,1-6H3,(H,19,20)(H,21,23). The summed E-state index contributed by atoms with van der Waals surface area (Å²) in [7, 11) is -1.81. The molecule has 0 aromatic carbocycles. The van der Waals surface area contributed by atoms with Crippen LogP contribution in [0.15, 0.2) is 12.3 Å². The van der Waals surface area contributed by atoms with Gasteiger partial charge >= 0.3 is 5.97 Å². The summed E-state index contributed by atoms with van der Waals surface area (Å²) < 4.78 is 10.8. The first kappa shape index (κ1) is 22.4. The average molecular weight is 402 g/mol. The summed E-state index contributed by atoms with van der Waals surface area (Å²) in [6.45, 7) is 12.9. The lowest BCUT2D eigenvalue weighted by atomic mass is 10.2. The van der Waals surface area contributed by atoms with E-state index in [1.807, 2.05) is 0 Å². The zero-order chi connectivity index (χ0) is 20.0. The van der Waals surface area contributed by atoms with E-state index in [-0.39, 0.29) is 11.6 Å². The second kappa shape index (κ2) is 9.34. The number of esters is 1. The van der Waals surface area contributed by atoms with E-state index in [1.54, 1.807) is 6.07 Å². The maximum absolute atomic E-state index is 11.8. The predicted octanol–water partition coefficient (Wildman–Crippen LogP) is 3.67. The molecule has 26 heavy (non-hydrogen) atoms. The van der Waals surface area contributed by atoms with Crippen molar-refractivity contribution in [3.63, 3.8) is 0 Å². The molecule has 0 bridgehead atoms. The molecule has 0 spiro atoms. The Bertz CT molecular complexity index is 647. The van der Waals surface area contributed by atoms with Gasteiger partial charge in [0.05, 0.1) is 17.3 Å². The first-order valence-corrected chi connectivity index (χ1v) is 11.7. The summed E-state index contributed by atoms with van der Waals surface area (Å²) in [6.07, 6.45) is 1.49. The molecule has 0 aliphatic rings. The van der Waals surface area contributed by atoms with E-state index in [9.17, 15) is 9.59 Å². The lowest BCUT2D eigenvalue weighted by Crippen LogP contribution is -2.41. The molecule has 1 aromatic heterocycles. The molecule has 146 valence electrons. The molecule has 0 aliphatic carbocycles. The molecule has 1 aromatic rings. The van der Waals surface area contributed by atoms with Crippen LogP contribution in [0.25, 0.3) is 0 Å². The van der Waals surface area contributed by atoms with Crippen LogP contribution >= 0.6 is 11.6 Å². The lowest BCUT2D eigenvalue weighted by molar-refractivity contribution is -0.144. The molecule has 7 nitrogen and oxygen atoms in total. The summed E-state index contributed by atoms with van der Waals surface area (Å²) in [4.78, 5) is 26.8. The van der Waals surface area contributed by atoms with E-state index in [0.717, 1.165) is 0 Å². The first-order valence-electron chi connectivity index (χ1n) is 8.39. The number of amides is 1. The zero-order valence-electron chi connectivity index (χ0n) is 16.2. The van der Waals surface area contributed by atoms with Crippen molar-refractivity contribution in [2.45, 2.75) is 45.8 Å². The van der Waals surface area contributed by atoms with E-state index in [4.69, 9.17) is 16.0 Å². The Labute approximate surface area is 160 Å². The first-order chi connectivity index (χ1) is 11.9. The second-order valence-electron chi connectivity index (χ2n) is 7.41. The van der Waals surface area contributed by atoms with Crippen LogP contribution < -0.4 is 10.6 Å². The number of nitrogens with one attached hydrogen (secondary N) is 2. The Hall–Kier alpha value is -1.64.